The Kier molecular flexibility index (Phi) is 8.51. The van der Waals surface area contributed by atoms with Crippen molar-refractivity contribution < 1.29 is 13.2 Å². The summed E-state index contributed by atoms with van der Waals surface area (Å²) in [7, 11) is -3.87. The number of benzene rings is 2. The van der Waals surface area contributed by atoms with Crippen molar-refractivity contribution in [2.24, 2.45) is 0 Å². The highest BCUT2D eigenvalue weighted by Crippen LogP contribution is 2.23. The lowest BCUT2D eigenvalue weighted by Crippen LogP contribution is -2.42. The Morgan fingerprint density at radius 1 is 1.00 bits per heavy atom. The van der Waals surface area contributed by atoms with Crippen molar-refractivity contribution in [3.8, 4) is 0 Å². The largest absolute Gasteiger partial charge is 0.351 e. The maximum absolute atomic E-state index is 12.8. The molecular weight excluding hydrogens is 434 g/mol. The molecule has 0 bridgehead atoms. The third kappa shape index (κ3) is 6.69. The van der Waals surface area contributed by atoms with Gasteiger partial charge < -0.3 is 5.32 Å². The van der Waals surface area contributed by atoms with Crippen LogP contribution in [0.1, 0.15) is 49.2 Å². The first-order valence-corrected chi connectivity index (χ1v) is 12.2. The van der Waals surface area contributed by atoms with Crippen LogP contribution in [0.25, 0.3) is 0 Å². The molecule has 0 aliphatic carbocycles. The molecule has 6 nitrogen and oxygen atoms in total. The van der Waals surface area contributed by atoms with Crippen molar-refractivity contribution >= 4 is 33.2 Å². The van der Waals surface area contributed by atoms with Crippen molar-refractivity contribution in [1.29, 1.82) is 0 Å². The molecule has 0 saturated carbocycles. The first kappa shape index (κ1) is 25.2. The smallest absolute Gasteiger partial charge is 0.261 e. The number of anilines is 1. The topological polar surface area (TPSA) is 78.5 Å². The summed E-state index contributed by atoms with van der Waals surface area (Å²) in [5.41, 5.74) is 2.65. The first-order chi connectivity index (χ1) is 14.4. The highest BCUT2D eigenvalue weighted by Gasteiger charge is 2.20. The molecule has 0 saturated heterocycles. The highest BCUT2D eigenvalue weighted by molar-refractivity contribution is 7.92. The Hall–Kier alpha value is -2.09. The van der Waals surface area contributed by atoms with E-state index in [1.54, 1.807) is 12.1 Å². The molecule has 0 unspecified atom stereocenters. The lowest BCUT2D eigenvalue weighted by molar-refractivity contribution is 0.0939. The Morgan fingerprint density at radius 3 is 2.23 bits per heavy atom. The molecule has 2 rings (SSSR count). The number of nitrogens with one attached hydrogen (secondary N) is 2. The normalized spacial score (nSPS) is 11.9. The van der Waals surface area contributed by atoms with Crippen LogP contribution in [-0.2, 0) is 10.0 Å². The van der Waals surface area contributed by atoms with Gasteiger partial charge in [-0.15, -0.1) is 0 Å². The van der Waals surface area contributed by atoms with E-state index in [0.29, 0.717) is 30.9 Å². The summed E-state index contributed by atoms with van der Waals surface area (Å²) in [6, 6.07) is 10.2. The van der Waals surface area contributed by atoms with Crippen LogP contribution in [0.15, 0.2) is 41.3 Å². The molecule has 0 heterocycles. The van der Waals surface area contributed by atoms with Crippen molar-refractivity contribution in [2.75, 3.05) is 17.8 Å². The van der Waals surface area contributed by atoms with Crippen LogP contribution in [0.3, 0.4) is 0 Å². The number of halogens is 1. The number of nitrogens with zero attached hydrogens (tertiary/aromatic N) is 1. The number of rotatable bonds is 9. The number of amides is 1. The zero-order chi connectivity index (χ0) is 23.3. The highest BCUT2D eigenvalue weighted by atomic mass is 35.5. The first-order valence-electron chi connectivity index (χ1n) is 10.4. The van der Waals surface area contributed by atoms with Crippen molar-refractivity contribution in [3.63, 3.8) is 0 Å². The van der Waals surface area contributed by atoms with E-state index in [0.717, 1.165) is 11.1 Å². The lowest BCUT2D eigenvalue weighted by Gasteiger charge is -2.30. The maximum Gasteiger partial charge on any atom is 0.261 e. The predicted molar refractivity (Wildman–Crippen MR) is 127 cm³/mol. The molecule has 1 amide bonds. The van der Waals surface area contributed by atoms with E-state index >= 15 is 0 Å². The molecule has 0 radical (unpaired) electrons. The van der Waals surface area contributed by atoms with Gasteiger partial charge in [0.25, 0.3) is 15.9 Å². The van der Waals surface area contributed by atoms with Crippen molar-refractivity contribution in [2.45, 2.75) is 58.5 Å². The summed E-state index contributed by atoms with van der Waals surface area (Å²) < 4.78 is 28.3. The Morgan fingerprint density at radius 2 is 1.65 bits per heavy atom. The van der Waals surface area contributed by atoms with Gasteiger partial charge in [0.2, 0.25) is 0 Å². The predicted octanol–water partition coefficient (Wildman–Crippen LogP) is 4.61. The van der Waals surface area contributed by atoms with Gasteiger partial charge in [-0.05, 0) is 83.0 Å². The molecule has 0 spiro atoms. The molecule has 0 aliphatic heterocycles. The van der Waals surface area contributed by atoms with Crippen LogP contribution in [-0.4, -0.2) is 44.4 Å². The van der Waals surface area contributed by atoms with E-state index in [9.17, 15) is 13.2 Å². The minimum atomic E-state index is -3.87. The van der Waals surface area contributed by atoms with Crippen LogP contribution in [0.2, 0.25) is 5.02 Å². The summed E-state index contributed by atoms with van der Waals surface area (Å²) in [6.07, 6.45) is 0. The van der Waals surface area contributed by atoms with Gasteiger partial charge in [0.15, 0.2) is 0 Å². The quantitative estimate of drug-likeness (QED) is 0.567. The van der Waals surface area contributed by atoms with Crippen LogP contribution < -0.4 is 10.0 Å². The number of sulfonamides is 1. The van der Waals surface area contributed by atoms with E-state index in [1.807, 2.05) is 19.9 Å². The zero-order valence-electron chi connectivity index (χ0n) is 19.0. The number of hydrogen-bond donors (Lipinski definition) is 2. The van der Waals surface area contributed by atoms with Gasteiger partial charge >= 0.3 is 0 Å². The second-order valence-corrected chi connectivity index (χ2v) is 10.3. The average Bonchev–Trinajstić information content (AvgIpc) is 2.67. The fraction of sp³-hybridized carbons (Fsp3) is 0.435. The molecule has 0 fully saturated rings. The van der Waals surface area contributed by atoms with E-state index in [-0.39, 0.29) is 15.5 Å². The van der Waals surface area contributed by atoms with Crippen LogP contribution in [0.5, 0.6) is 0 Å². The number of hydrogen-bond acceptors (Lipinski definition) is 4. The Labute approximate surface area is 191 Å². The average molecular weight is 466 g/mol. The summed E-state index contributed by atoms with van der Waals surface area (Å²) in [5, 5.41) is 3.04. The molecule has 2 N–H and O–H groups in total. The van der Waals surface area contributed by atoms with Gasteiger partial charge in [-0.1, -0.05) is 17.7 Å². The minimum absolute atomic E-state index is 0.0220. The van der Waals surface area contributed by atoms with E-state index in [1.165, 1.54) is 18.2 Å². The summed E-state index contributed by atoms with van der Waals surface area (Å²) in [5.74, 6) is -0.402. The minimum Gasteiger partial charge on any atom is -0.351 e. The molecule has 8 heteroatoms. The number of aryl methyl sites for hydroxylation is 2. The SMILES string of the molecule is Cc1ccc(NS(=O)(=O)c2ccc(Cl)c(C(=O)NCCN(C(C)C)C(C)C)c2)cc1C. The molecule has 0 aliphatic rings. The molecule has 170 valence electrons. The molecule has 0 aromatic heterocycles. The maximum atomic E-state index is 12.8. The molecule has 2 aromatic rings. The fourth-order valence-corrected chi connectivity index (χ4v) is 4.65. The Bertz CT molecular complexity index is 1030. The number of carbonyl (C=O) groups is 1. The van der Waals surface area contributed by atoms with Crippen LogP contribution >= 0.6 is 11.6 Å². The fourth-order valence-electron chi connectivity index (χ4n) is 3.37. The third-order valence-electron chi connectivity index (χ3n) is 5.23. The van der Waals surface area contributed by atoms with Crippen LogP contribution in [0, 0.1) is 13.8 Å². The molecule has 31 heavy (non-hydrogen) atoms. The van der Waals surface area contributed by atoms with Crippen LogP contribution in [0.4, 0.5) is 5.69 Å². The van der Waals surface area contributed by atoms with E-state index in [2.05, 4.69) is 42.6 Å². The standard InChI is InChI=1S/C23H32ClN3O3S/c1-15(2)27(16(3)4)12-11-25-23(28)21-14-20(9-10-22(21)24)31(29,30)26-19-8-7-17(5)18(6)13-19/h7-10,13-16,26H,11-12H2,1-6H3,(H,25,28). The van der Waals surface area contributed by atoms with Gasteiger partial charge in [0.05, 0.1) is 15.5 Å². The summed E-state index contributed by atoms with van der Waals surface area (Å²) in [6.45, 7) is 13.4. The van der Waals surface area contributed by atoms with E-state index in [4.69, 9.17) is 11.6 Å². The van der Waals surface area contributed by atoms with Gasteiger partial charge in [0.1, 0.15) is 0 Å². The zero-order valence-corrected chi connectivity index (χ0v) is 20.6. The molecule has 0 atom stereocenters. The van der Waals surface area contributed by atoms with Crippen molar-refractivity contribution in [3.05, 3.63) is 58.1 Å². The van der Waals surface area contributed by atoms with Gasteiger partial charge in [-0.3, -0.25) is 14.4 Å². The van der Waals surface area contributed by atoms with E-state index < -0.39 is 15.9 Å². The summed E-state index contributed by atoms with van der Waals surface area (Å²) >= 11 is 6.20. The lowest BCUT2D eigenvalue weighted by atomic mass is 10.1. The van der Waals surface area contributed by atoms with Crippen molar-refractivity contribution in [1.82, 2.24) is 10.2 Å². The number of carbonyl (C=O) groups excluding carboxylic acids is 1. The molecular formula is C23H32ClN3O3S. The summed E-state index contributed by atoms with van der Waals surface area (Å²) in [4.78, 5) is 14.9. The Balaban J connectivity index is 2.16. The van der Waals surface area contributed by atoms with Gasteiger partial charge in [-0.2, -0.15) is 0 Å². The second-order valence-electron chi connectivity index (χ2n) is 8.23. The van der Waals surface area contributed by atoms with Gasteiger partial charge in [0, 0.05) is 30.9 Å². The van der Waals surface area contributed by atoms with Gasteiger partial charge in [-0.25, -0.2) is 8.42 Å². The monoisotopic (exact) mass is 465 g/mol. The second kappa shape index (κ2) is 10.5. The third-order valence-corrected chi connectivity index (χ3v) is 6.94. The molecule has 2 aromatic carbocycles.